The van der Waals surface area contributed by atoms with Gasteiger partial charge in [0.2, 0.25) is 0 Å². The van der Waals surface area contributed by atoms with Gasteiger partial charge in [-0.3, -0.25) is 4.79 Å². The molecule has 0 bridgehead atoms. The number of nitrogens with zero attached hydrogens (tertiary/aromatic N) is 1. The van der Waals surface area contributed by atoms with Crippen molar-refractivity contribution in [2.75, 3.05) is 19.8 Å². The number of carboxylic acid groups (broad SMARTS) is 1. The number of benzene rings is 1. The third kappa shape index (κ3) is 3.54. The summed E-state index contributed by atoms with van der Waals surface area (Å²) in [6.45, 7) is 6.03. The van der Waals surface area contributed by atoms with Gasteiger partial charge in [0.1, 0.15) is 11.3 Å². The number of aromatic nitrogens is 1. The summed E-state index contributed by atoms with van der Waals surface area (Å²) in [5.41, 5.74) is 4.70. The van der Waals surface area contributed by atoms with E-state index in [9.17, 15) is 14.7 Å². The number of aromatic carboxylic acids is 1. The Kier molecular flexibility index (Phi) is 5.32. The highest BCUT2D eigenvalue weighted by Gasteiger charge is 2.33. The van der Waals surface area contributed by atoms with Gasteiger partial charge in [0.25, 0.3) is 0 Å². The Morgan fingerprint density at radius 1 is 1.30 bits per heavy atom. The van der Waals surface area contributed by atoms with Crippen molar-refractivity contribution < 1.29 is 19.4 Å². The van der Waals surface area contributed by atoms with Crippen LogP contribution in [-0.4, -0.2) is 47.7 Å². The number of allylic oxidation sites excluding steroid dienone is 1. The Hall–Kier alpha value is -3.39. The van der Waals surface area contributed by atoms with Gasteiger partial charge in [-0.05, 0) is 24.0 Å². The fourth-order valence-corrected chi connectivity index (χ4v) is 4.94. The maximum Gasteiger partial charge on any atom is 0.341 e. The van der Waals surface area contributed by atoms with E-state index in [0.29, 0.717) is 32.7 Å². The first-order valence-corrected chi connectivity index (χ1v) is 11.2. The van der Waals surface area contributed by atoms with Gasteiger partial charge in [-0.2, -0.15) is 0 Å². The van der Waals surface area contributed by atoms with Gasteiger partial charge in [0, 0.05) is 59.4 Å². The van der Waals surface area contributed by atoms with Crippen LogP contribution in [0.15, 0.2) is 29.3 Å². The normalized spacial score (nSPS) is 19.2. The van der Waals surface area contributed by atoms with E-state index in [-0.39, 0.29) is 23.6 Å². The average molecular weight is 450 g/mol. The number of carbonyl (C=O) groups is 1. The van der Waals surface area contributed by atoms with E-state index >= 15 is 0 Å². The number of hydrogen-bond donors (Lipinski definition) is 3. The van der Waals surface area contributed by atoms with E-state index in [4.69, 9.17) is 14.9 Å². The molecule has 1 unspecified atom stereocenters. The molecule has 0 saturated carbocycles. The summed E-state index contributed by atoms with van der Waals surface area (Å²) in [5, 5.41) is 20.8. The number of rotatable bonds is 6. The summed E-state index contributed by atoms with van der Waals surface area (Å²) >= 11 is 0. The van der Waals surface area contributed by atoms with Crippen LogP contribution in [0.5, 0.6) is 5.75 Å². The Morgan fingerprint density at radius 2 is 2.09 bits per heavy atom. The summed E-state index contributed by atoms with van der Waals surface area (Å²) in [5.74, 6) is -0.246. The maximum absolute atomic E-state index is 12.6. The van der Waals surface area contributed by atoms with Gasteiger partial charge in [0.15, 0.2) is 5.43 Å². The number of nitrogens with one attached hydrogen (secondary N) is 2. The third-order valence-electron chi connectivity index (χ3n) is 6.76. The fraction of sp³-hybridized carbons (Fsp3) is 0.400. The second kappa shape index (κ2) is 8.19. The first-order chi connectivity index (χ1) is 15.9. The van der Waals surface area contributed by atoms with E-state index in [1.54, 1.807) is 0 Å². The van der Waals surface area contributed by atoms with Crippen LogP contribution < -0.4 is 15.5 Å². The first kappa shape index (κ1) is 21.5. The number of fused-ring (bicyclic) bond motifs is 5. The van der Waals surface area contributed by atoms with E-state index in [0.717, 1.165) is 39.3 Å². The molecule has 3 N–H and O–H groups in total. The highest BCUT2D eigenvalue weighted by molar-refractivity contribution is 6.10. The molecular formula is C25H27N3O5. The molecule has 2 aromatic rings. The number of hydrogen-bond acceptors (Lipinski definition) is 6. The molecule has 1 saturated heterocycles. The van der Waals surface area contributed by atoms with Crippen LogP contribution in [0.2, 0.25) is 0 Å². The molecule has 8 heteroatoms. The molecule has 1 atom stereocenters. The largest absolute Gasteiger partial charge is 0.492 e. The van der Waals surface area contributed by atoms with Crippen LogP contribution in [0.4, 0.5) is 0 Å². The molecule has 4 heterocycles. The van der Waals surface area contributed by atoms with E-state index in [1.165, 1.54) is 18.5 Å². The lowest BCUT2D eigenvalue weighted by Gasteiger charge is -2.34. The van der Waals surface area contributed by atoms with Crippen molar-refractivity contribution in [1.82, 2.24) is 9.88 Å². The number of ether oxygens (including phenoxy) is 2. The van der Waals surface area contributed by atoms with Crippen LogP contribution in [-0.2, 0) is 17.6 Å². The smallest absolute Gasteiger partial charge is 0.341 e. The van der Waals surface area contributed by atoms with Crippen LogP contribution in [0.3, 0.4) is 0 Å². The monoisotopic (exact) mass is 449 g/mol. The minimum atomic E-state index is -1.21. The topological polar surface area (TPSA) is 114 Å². The minimum absolute atomic E-state index is 0.0112. The quantitative estimate of drug-likeness (QED) is 0.585. The zero-order valence-electron chi connectivity index (χ0n) is 18.7. The zero-order chi connectivity index (χ0) is 23.3. The van der Waals surface area contributed by atoms with Gasteiger partial charge >= 0.3 is 5.97 Å². The Morgan fingerprint density at radius 3 is 2.73 bits per heavy atom. The molecule has 1 aromatic carbocycles. The summed E-state index contributed by atoms with van der Waals surface area (Å²) in [6, 6.07) is 3.79. The summed E-state index contributed by atoms with van der Waals surface area (Å²) in [7, 11) is 0. The lowest BCUT2D eigenvalue weighted by molar-refractivity contribution is 0.000844. The second-order valence-electron chi connectivity index (χ2n) is 9.17. The Balaban J connectivity index is 1.70. The number of carboxylic acids is 1. The Labute approximate surface area is 191 Å². The second-order valence-corrected chi connectivity index (χ2v) is 9.17. The van der Waals surface area contributed by atoms with Crippen molar-refractivity contribution in [2.45, 2.75) is 38.8 Å². The lowest BCUT2D eigenvalue weighted by Crippen LogP contribution is -2.43. The van der Waals surface area contributed by atoms with Crippen LogP contribution in [0.1, 0.15) is 46.9 Å². The summed E-state index contributed by atoms with van der Waals surface area (Å²) in [4.78, 5) is 24.3. The standard InChI is InChI=1S/C25H27N3O5/c1-13(2)20-6-14-5-18(15(8-26)9-27-16-11-32-12-16)24-17(3-4-33-24)23(14)21-7-22(29)19(25(30)31)10-28(20)21/h5,7-10,13,16,20,26-27H,3-4,6,11-12H2,1-2H3,(H,30,31)/b15-9+,26-8?. The molecule has 1 fully saturated rings. The van der Waals surface area contributed by atoms with E-state index < -0.39 is 11.4 Å². The molecule has 0 aliphatic carbocycles. The predicted molar refractivity (Wildman–Crippen MR) is 124 cm³/mol. The fourth-order valence-electron chi connectivity index (χ4n) is 4.94. The summed E-state index contributed by atoms with van der Waals surface area (Å²) < 4.78 is 13.2. The van der Waals surface area contributed by atoms with Crippen molar-refractivity contribution in [2.24, 2.45) is 5.92 Å². The van der Waals surface area contributed by atoms with Crippen molar-refractivity contribution in [1.29, 1.82) is 5.41 Å². The van der Waals surface area contributed by atoms with Gasteiger partial charge in [-0.1, -0.05) is 13.8 Å². The zero-order valence-corrected chi connectivity index (χ0v) is 18.7. The molecule has 3 aliphatic rings. The Bertz CT molecular complexity index is 1240. The highest BCUT2D eigenvalue weighted by Crippen LogP contribution is 2.47. The van der Waals surface area contributed by atoms with Crippen molar-refractivity contribution in [3.63, 3.8) is 0 Å². The molecule has 3 aliphatic heterocycles. The maximum atomic E-state index is 12.6. The highest BCUT2D eigenvalue weighted by atomic mass is 16.5. The van der Waals surface area contributed by atoms with Crippen molar-refractivity contribution >= 4 is 17.8 Å². The lowest BCUT2D eigenvalue weighted by atomic mass is 9.82. The summed E-state index contributed by atoms with van der Waals surface area (Å²) in [6.07, 6.45) is 6.08. The minimum Gasteiger partial charge on any atom is -0.492 e. The van der Waals surface area contributed by atoms with Gasteiger partial charge < -0.3 is 29.9 Å². The van der Waals surface area contributed by atoms with Gasteiger partial charge in [0.05, 0.1) is 31.6 Å². The molecular weight excluding hydrogens is 422 g/mol. The van der Waals surface area contributed by atoms with E-state index in [2.05, 4.69) is 25.2 Å². The van der Waals surface area contributed by atoms with Crippen LogP contribution in [0.25, 0.3) is 16.8 Å². The molecule has 5 rings (SSSR count). The van der Waals surface area contributed by atoms with E-state index in [1.807, 2.05) is 10.8 Å². The SMILES string of the molecule is CC(C)C1Cc2cc(/C(C=N)=C/NC3COC3)c3c(c2-c2cc(=O)c(C(=O)O)cn21)CCO3. The molecule has 0 spiro atoms. The molecule has 33 heavy (non-hydrogen) atoms. The van der Waals surface area contributed by atoms with Gasteiger partial charge in [-0.25, -0.2) is 4.79 Å². The van der Waals surface area contributed by atoms with Crippen molar-refractivity contribution in [3.05, 3.63) is 57.0 Å². The third-order valence-corrected chi connectivity index (χ3v) is 6.76. The molecule has 172 valence electrons. The molecule has 1 aromatic heterocycles. The van der Waals surface area contributed by atoms with Crippen molar-refractivity contribution in [3.8, 4) is 17.0 Å². The van der Waals surface area contributed by atoms with Gasteiger partial charge in [-0.15, -0.1) is 0 Å². The first-order valence-electron chi connectivity index (χ1n) is 11.2. The molecule has 0 radical (unpaired) electrons. The van der Waals surface area contributed by atoms with Crippen LogP contribution in [0, 0.1) is 11.3 Å². The predicted octanol–water partition coefficient (Wildman–Crippen LogP) is 2.88. The number of pyridine rings is 1. The molecule has 8 nitrogen and oxygen atoms in total. The average Bonchev–Trinajstić information content (AvgIpc) is 3.23. The van der Waals surface area contributed by atoms with Crippen LogP contribution >= 0.6 is 0 Å². The molecule has 0 amide bonds.